The Morgan fingerprint density at radius 1 is 1.64 bits per heavy atom. The van der Waals surface area contributed by atoms with Crippen LogP contribution in [0.15, 0.2) is 0 Å². The van der Waals surface area contributed by atoms with Gasteiger partial charge in [-0.15, -0.1) is 0 Å². The Bertz CT molecular complexity index is 108. The number of hydrogen-bond donors (Lipinski definition) is 1. The van der Waals surface area contributed by atoms with E-state index in [1.807, 2.05) is 0 Å². The van der Waals surface area contributed by atoms with Gasteiger partial charge in [0.15, 0.2) is 0 Å². The van der Waals surface area contributed by atoms with Crippen LogP contribution in [0.2, 0.25) is 0 Å². The lowest BCUT2D eigenvalue weighted by molar-refractivity contribution is 0.199. The minimum atomic E-state index is -0.182. The van der Waals surface area contributed by atoms with Gasteiger partial charge in [0, 0.05) is 32.2 Å². The summed E-state index contributed by atoms with van der Waals surface area (Å²) in [7, 11) is 0. The normalized spacial score (nSPS) is 27.3. The van der Waals surface area contributed by atoms with Gasteiger partial charge >= 0.3 is 0 Å². The van der Waals surface area contributed by atoms with Crippen LogP contribution in [0.1, 0.15) is 13.3 Å². The van der Waals surface area contributed by atoms with Crippen LogP contribution in [0.3, 0.4) is 0 Å². The quantitative estimate of drug-likeness (QED) is 0.651. The third-order valence-corrected chi connectivity index (χ3v) is 2.06. The highest BCUT2D eigenvalue weighted by molar-refractivity contribution is 4.74. The average molecular weight is 160 g/mol. The molecule has 0 radical (unpaired) electrons. The molecule has 1 aliphatic heterocycles. The second-order valence-corrected chi connectivity index (χ2v) is 3.20. The van der Waals surface area contributed by atoms with E-state index in [0.717, 1.165) is 26.2 Å². The summed E-state index contributed by atoms with van der Waals surface area (Å²) in [6.45, 7) is 6.10. The number of hydrogen-bond acceptors (Lipinski definition) is 2. The van der Waals surface area contributed by atoms with E-state index in [4.69, 9.17) is 0 Å². The number of rotatable bonds is 3. The van der Waals surface area contributed by atoms with Crippen LogP contribution in [0.25, 0.3) is 0 Å². The van der Waals surface area contributed by atoms with E-state index in [-0.39, 0.29) is 6.67 Å². The van der Waals surface area contributed by atoms with Gasteiger partial charge in [0.1, 0.15) is 0 Å². The molecule has 0 aromatic rings. The van der Waals surface area contributed by atoms with E-state index >= 15 is 0 Å². The Morgan fingerprint density at radius 3 is 3.09 bits per heavy atom. The standard InChI is InChI=1S/C8H17FN2/c1-8-7-11(5-2-3-9)6-4-10-8/h8,10H,2-7H2,1H3/t8-/m0/s1. The predicted molar refractivity (Wildman–Crippen MR) is 44.5 cm³/mol. The van der Waals surface area contributed by atoms with Crippen molar-refractivity contribution in [3.05, 3.63) is 0 Å². The summed E-state index contributed by atoms with van der Waals surface area (Å²) in [6.07, 6.45) is 0.687. The second kappa shape index (κ2) is 4.67. The molecule has 1 N–H and O–H groups in total. The maximum Gasteiger partial charge on any atom is 0.0906 e. The fraction of sp³-hybridized carbons (Fsp3) is 1.00. The molecule has 0 spiro atoms. The van der Waals surface area contributed by atoms with Gasteiger partial charge in [-0.3, -0.25) is 4.39 Å². The van der Waals surface area contributed by atoms with Crippen LogP contribution in [0, 0.1) is 0 Å². The van der Waals surface area contributed by atoms with Gasteiger partial charge in [0.05, 0.1) is 6.67 Å². The zero-order valence-electron chi connectivity index (χ0n) is 7.15. The van der Waals surface area contributed by atoms with Crippen LogP contribution in [-0.4, -0.2) is 43.8 Å². The van der Waals surface area contributed by atoms with Crippen molar-refractivity contribution >= 4 is 0 Å². The number of alkyl halides is 1. The zero-order valence-corrected chi connectivity index (χ0v) is 7.15. The molecule has 0 aliphatic carbocycles. The number of nitrogens with zero attached hydrogens (tertiary/aromatic N) is 1. The van der Waals surface area contributed by atoms with E-state index in [2.05, 4.69) is 17.1 Å². The number of nitrogens with one attached hydrogen (secondary N) is 1. The van der Waals surface area contributed by atoms with Crippen molar-refractivity contribution in [3.8, 4) is 0 Å². The van der Waals surface area contributed by atoms with Crippen LogP contribution >= 0.6 is 0 Å². The summed E-state index contributed by atoms with van der Waals surface area (Å²) in [5.41, 5.74) is 0. The molecule has 1 heterocycles. The van der Waals surface area contributed by atoms with Gasteiger partial charge in [-0.05, 0) is 13.3 Å². The Labute approximate surface area is 67.8 Å². The Balaban J connectivity index is 2.12. The molecule has 0 saturated carbocycles. The smallest absolute Gasteiger partial charge is 0.0906 e. The maximum absolute atomic E-state index is 11.8. The highest BCUT2D eigenvalue weighted by atomic mass is 19.1. The molecule has 2 nitrogen and oxygen atoms in total. The van der Waals surface area contributed by atoms with Gasteiger partial charge in [-0.1, -0.05) is 0 Å². The molecular formula is C8H17FN2. The molecule has 1 aliphatic rings. The van der Waals surface area contributed by atoms with Crippen molar-refractivity contribution in [1.29, 1.82) is 0 Å². The minimum absolute atomic E-state index is 0.182. The van der Waals surface area contributed by atoms with Gasteiger partial charge in [-0.2, -0.15) is 0 Å². The van der Waals surface area contributed by atoms with Crippen LogP contribution in [-0.2, 0) is 0 Å². The third-order valence-electron chi connectivity index (χ3n) is 2.06. The summed E-state index contributed by atoms with van der Waals surface area (Å²) < 4.78 is 11.8. The van der Waals surface area contributed by atoms with Crippen molar-refractivity contribution in [3.63, 3.8) is 0 Å². The molecule has 0 aromatic carbocycles. The number of halogens is 1. The van der Waals surface area contributed by atoms with Crippen molar-refractivity contribution in [2.45, 2.75) is 19.4 Å². The SMILES string of the molecule is C[C@H]1CN(CCCF)CCN1. The molecule has 1 fully saturated rings. The van der Waals surface area contributed by atoms with Crippen LogP contribution in [0.4, 0.5) is 4.39 Å². The fourth-order valence-corrected chi connectivity index (χ4v) is 1.50. The zero-order chi connectivity index (χ0) is 8.10. The van der Waals surface area contributed by atoms with E-state index in [1.54, 1.807) is 0 Å². The first-order valence-corrected chi connectivity index (χ1v) is 4.34. The molecule has 0 amide bonds. The summed E-state index contributed by atoms with van der Waals surface area (Å²) in [5, 5.41) is 3.35. The van der Waals surface area contributed by atoms with Gasteiger partial charge < -0.3 is 10.2 Å². The fourth-order valence-electron chi connectivity index (χ4n) is 1.50. The molecule has 0 aromatic heterocycles. The van der Waals surface area contributed by atoms with E-state index in [1.165, 1.54) is 0 Å². The second-order valence-electron chi connectivity index (χ2n) is 3.20. The lowest BCUT2D eigenvalue weighted by atomic mass is 10.2. The van der Waals surface area contributed by atoms with Crippen LogP contribution < -0.4 is 5.32 Å². The lowest BCUT2D eigenvalue weighted by Gasteiger charge is -2.31. The van der Waals surface area contributed by atoms with E-state index < -0.39 is 0 Å². The maximum atomic E-state index is 11.8. The van der Waals surface area contributed by atoms with Crippen molar-refractivity contribution in [2.75, 3.05) is 32.9 Å². The first-order chi connectivity index (χ1) is 5.33. The monoisotopic (exact) mass is 160 g/mol. The minimum Gasteiger partial charge on any atom is -0.312 e. The Morgan fingerprint density at radius 2 is 2.45 bits per heavy atom. The van der Waals surface area contributed by atoms with Crippen LogP contribution in [0.5, 0.6) is 0 Å². The summed E-state index contributed by atoms with van der Waals surface area (Å²) in [4.78, 5) is 2.32. The van der Waals surface area contributed by atoms with E-state index in [9.17, 15) is 4.39 Å². The molecule has 1 atom stereocenters. The molecule has 3 heteroatoms. The predicted octanol–water partition coefficient (Wildman–Crippen LogP) is 0.640. The van der Waals surface area contributed by atoms with E-state index in [0.29, 0.717) is 12.5 Å². The molecule has 0 bridgehead atoms. The van der Waals surface area contributed by atoms with Crippen molar-refractivity contribution < 1.29 is 4.39 Å². The number of piperazine rings is 1. The first-order valence-electron chi connectivity index (χ1n) is 4.34. The highest BCUT2D eigenvalue weighted by Gasteiger charge is 2.13. The molecule has 1 rings (SSSR count). The summed E-state index contributed by atoms with van der Waals surface area (Å²) >= 11 is 0. The van der Waals surface area contributed by atoms with Crippen molar-refractivity contribution in [1.82, 2.24) is 10.2 Å². The van der Waals surface area contributed by atoms with Gasteiger partial charge in [-0.25, -0.2) is 0 Å². The first kappa shape index (κ1) is 8.94. The molecule has 11 heavy (non-hydrogen) atoms. The van der Waals surface area contributed by atoms with Crippen molar-refractivity contribution in [2.24, 2.45) is 0 Å². The summed E-state index contributed by atoms with van der Waals surface area (Å²) in [6, 6.07) is 0.573. The van der Waals surface area contributed by atoms with Gasteiger partial charge in [0.2, 0.25) is 0 Å². The lowest BCUT2D eigenvalue weighted by Crippen LogP contribution is -2.49. The molecule has 1 saturated heterocycles. The molecular weight excluding hydrogens is 143 g/mol. The summed E-state index contributed by atoms with van der Waals surface area (Å²) in [5.74, 6) is 0. The largest absolute Gasteiger partial charge is 0.312 e. The van der Waals surface area contributed by atoms with Gasteiger partial charge in [0.25, 0.3) is 0 Å². The Kier molecular flexibility index (Phi) is 3.80. The topological polar surface area (TPSA) is 15.3 Å². The molecule has 66 valence electrons. The highest BCUT2D eigenvalue weighted by Crippen LogP contribution is 1.99. The average Bonchev–Trinajstić information content (AvgIpc) is 2.01. The molecule has 0 unspecified atom stereocenters. The Hall–Kier alpha value is -0.150. The third kappa shape index (κ3) is 3.16.